The number of hydrogen-bond donors (Lipinski definition) is 0. The van der Waals surface area contributed by atoms with Crippen molar-refractivity contribution >= 4 is 23.6 Å². The van der Waals surface area contributed by atoms with Crippen molar-refractivity contribution in [1.82, 2.24) is 19.9 Å². The van der Waals surface area contributed by atoms with Gasteiger partial charge in [0.25, 0.3) is 0 Å². The second-order valence-electron chi connectivity index (χ2n) is 7.57. The van der Waals surface area contributed by atoms with Crippen LogP contribution in [0.1, 0.15) is 11.5 Å². The van der Waals surface area contributed by atoms with Crippen LogP contribution in [-0.4, -0.2) is 66.2 Å². The van der Waals surface area contributed by atoms with Gasteiger partial charge in [0.1, 0.15) is 0 Å². The van der Waals surface area contributed by atoms with E-state index in [4.69, 9.17) is 25.6 Å². The first-order chi connectivity index (χ1) is 16.1. The third-order valence-electron chi connectivity index (χ3n) is 5.44. The maximum atomic E-state index is 12.6. The second kappa shape index (κ2) is 10.5. The predicted molar refractivity (Wildman–Crippen MR) is 125 cm³/mol. The van der Waals surface area contributed by atoms with Crippen molar-refractivity contribution in [1.29, 1.82) is 0 Å². The Morgan fingerprint density at radius 3 is 2.48 bits per heavy atom. The Morgan fingerprint density at radius 1 is 1.06 bits per heavy atom. The number of carbonyl (C=O) groups excluding carboxylic acids is 1. The first kappa shape index (κ1) is 22.8. The van der Waals surface area contributed by atoms with Crippen LogP contribution < -0.4 is 9.47 Å². The fourth-order valence-electron chi connectivity index (χ4n) is 3.58. The average molecular weight is 469 g/mol. The van der Waals surface area contributed by atoms with Gasteiger partial charge < -0.3 is 18.9 Å². The average Bonchev–Trinajstić information content (AvgIpc) is 3.31. The number of hydrogen-bond acceptors (Lipinski definition) is 7. The molecule has 2 aromatic carbocycles. The topological polar surface area (TPSA) is 80.9 Å². The van der Waals surface area contributed by atoms with Crippen LogP contribution in [0.3, 0.4) is 0 Å². The van der Waals surface area contributed by atoms with E-state index in [0.717, 1.165) is 24.2 Å². The van der Waals surface area contributed by atoms with Gasteiger partial charge in [-0.3, -0.25) is 9.69 Å². The van der Waals surface area contributed by atoms with Crippen molar-refractivity contribution in [2.45, 2.75) is 6.54 Å². The van der Waals surface area contributed by atoms with E-state index in [1.54, 1.807) is 38.5 Å². The summed E-state index contributed by atoms with van der Waals surface area (Å²) in [6.07, 6.45) is 3.38. The number of halogens is 1. The number of rotatable bonds is 7. The first-order valence-corrected chi connectivity index (χ1v) is 10.9. The van der Waals surface area contributed by atoms with Gasteiger partial charge in [0.2, 0.25) is 17.6 Å². The van der Waals surface area contributed by atoms with Gasteiger partial charge in [-0.25, -0.2) is 0 Å². The van der Waals surface area contributed by atoms with Crippen LogP contribution in [0.25, 0.3) is 17.5 Å². The Bertz CT molecular complexity index is 1120. The molecule has 1 aliphatic rings. The Balaban J connectivity index is 1.28. The largest absolute Gasteiger partial charge is 0.493 e. The normalized spacial score (nSPS) is 14.6. The van der Waals surface area contributed by atoms with Crippen molar-refractivity contribution in [2.24, 2.45) is 0 Å². The highest BCUT2D eigenvalue weighted by Gasteiger charge is 2.21. The molecule has 172 valence electrons. The molecule has 3 aromatic rings. The lowest BCUT2D eigenvalue weighted by molar-refractivity contribution is -0.127. The zero-order valence-electron chi connectivity index (χ0n) is 18.5. The van der Waals surface area contributed by atoms with Crippen LogP contribution in [0.2, 0.25) is 5.02 Å². The monoisotopic (exact) mass is 468 g/mol. The van der Waals surface area contributed by atoms with E-state index in [-0.39, 0.29) is 5.91 Å². The lowest BCUT2D eigenvalue weighted by atomic mass is 10.2. The van der Waals surface area contributed by atoms with E-state index >= 15 is 0 Å². The van der Waals surface area contributed by atoms with Crippen molar-refractivity contribution in [3.63, 3.8) is 0 Å². The SMILES string of the molecule is COc1ccc(C=CC(=O)N2CCN(Cc3nc(-c4ccc(Cl)cc4)no3)CC2)cc1OC. The molecule has 1 fully saturated rings. The zero-order valence-corrected chi connectivity index (χ0v) is 19.3. The summed E-state index contributed by atoms with van der Waals surface area (Å²) in [5, 5.41) is 4.72. The summed E-state index contributed by atoms with van der Waals surface area (Å²) in [5.74, 6) is 2.34. The minimum atomic E-state index is -0.0211. The Hall–Kier alpha value is -3.36. The third-order valence-corrected chi connectivity index (χ3v) is 5.69. The van der Waals surface area contributed by atoms with E-state index in [9.17, 15) is 4.79 Å². The minimum absolute atomic E-state index is 0.0211. The summed E-state index contributed by atoms with van der Waals surface area (Å²) in [5.41, 5.74) is 1.72. The van der Waals surface area contributed by atoms with E-state index in [1.165, 1.54) is 0 Å². The predicted octanol–water partition coefficient (Wildman–Crippen LogP) is 3.76. The van der Waals surface area contributed by atoms with Gasteiger partial charge in [-0.2, -0.15) is 4.98 Å². The molecule has 1 aliphatic heterocycles. The number of carbonyl (C=O) groups is 1. The molecule has 0 aliphatic carbocycles. The summed E-state index contributed by atoms with van der Waals surface area (Å²) >= 11 is 5.93. The van der Waals surface area contributed by atoms with Gasteiger partial charge in [0.05, 0.1) is 20.8 Å². The highest BCUT2D eigenvalue weighted by atomic mass is 35.5. The highest BCUT2D eigenvalue weighted by molar-refractivity contribution is 6.30. The van der Waals surface area contributed by atoms with Crippen molar-refractivity contribution in [3.05, 3.63) is 65.0 Å². The van der Waals surface area contributed by atoms with Crippen molar-refractivity contribution in [2.75, 3.05) is 40.4 Å². The molecule has 0 unspecified atom stereocenters. The van der Waals surface area contributed by atoms with Gasteiger partial charge in [-0.15, -0.1) is 0 Å². The Morgan fingerprint density at radius 2 is 1.79 bits per heavy atom. The molecule has 0 radical (unpaired) electrons. The van der Waals surface area contributed by atoms with E-state index < -0.39 is 0 Å². The quantitative estimate of drug-likeness (QED) is 0.488. The smallest absolute Gasteiger partial charge is 0.246 e. The first-order valence-electron chi connectivity index (χ1n) is 10.6. The number of nitrogens with zero attached hydrogens (tertiary/aromatic N) is 4. The fraction of sp³-hybridized carbons (Fsp3) is 0.292. The van der Waals surface area contributed by atoms with Crippen LogP contribution in [0.15, 0.2) is 53.1 Å². The number of piperazine rings is 1. The zero-order chi connectivity index (χ0) is 23.2. The molecule has 0 N–H and O–H groups in total. The fourth-order valence-corrected chi connectivity index (χ4v) is 3.71. The lowest BCUT2D eigenvalue weighted by Crippen LogP contribution is -2.47. The molecule has 1 amide bonds. The van der Waals surface area contributed by atoms with E-state index in [0.29, 0.717) is 47.9 Å². The molecule has 1 aromatic heterocycles. The summed E-state index contributed by atoms with van der Waals surface area (Å²) in [7, 11) is 3.18. The Labute approximate surface area is 197 Å². The number of methoxy groups -OCH3 is 2. The number of benzene rings is 2. The molecule has 4 rings (SSSR count). The second-order valence-corrected chi connectivity index (χ2v) is 8.00. The summed E-state index contributed by atoms with van der Waals surface area (Å²) in [6, 6.07) is 12.8. The van der Waals surface area contributed by atoms with Crippen molar-refractivity contribution in [3.8, 4) is 22.9 Å². The number of aromatic nitrogens is 2. The van der Waals surface area contributed by atoms with Gasteiger partial charge in [-0.1, -0.05) is 22.8 Å². The van der Waals surface area contributed by atoms with Gasteiger partial charge in [-0.05, 0) is 48.0 Å². The lowest BCUT2D eigenvalue weighted by Gasteiger charge is -2.33. The van der Waals surface area contributed by atoms with Crippen LogP contribution >= 0.6 is 11.6 Å². The van der Waals surface area contributed by atoms with Crippen LogP contribution in [-0.2, 0) is 11.3 Å². The molecular weight excluding hydrogens is 444 g/mol. The van der Waals surface area contributed by atoms with Crippen LogP contribution in [0.4, 0.5) is 0 Å². The molecule has 8 nitrogen and oxygen atoms in total. The summed E-state index contributed by atoms with van der Waals surface area (Å²) in [4.78, 5) is 21.1. The van der Waals surface area contributed by atoms with Crippen LogP contribution in [0, 0.1) is 0 Å². The van der Waals surface area contributed by atoms with E-state index in [2.05, 4.69) is 15.0 Å². The molecule has 33 heavy (non-hydrogen) atoms. The summed E-state index contributed by atoms with van der Waals surface area (Å²) < 4.78 is 16.0. The van der Waals surface area contributed by atoms with Crippen molar-refractivity contribution < 1.29 is 18.8 Å². The molecule has 2 heterocycles. The van der Waals surface area contributed by atoms with Crippen LogP contribution in [0.5, 0.6) is 11.5 Å². The number of ether oxygens (including phenoxy) is 2. The highest BCUT2D eigenvalue weighted by Crippen LogP contribution is 2.28. The van der Waals surface area contributed by atoms with Gasteiger partial charge >= 0.3 is 0 Å². The van der Waals surface area contributed by atoms with Gasteiger partial charge in [0.15, 0.2) is 11.5 Å². The standard InChI is InChI=1S/C24H25ClN4O4/c1-31-20-9-3-17(15-21(20)32-2)4-10-23(30)29-13-11-28(12-14-29)16-22-26-24(27-33-22)18-5-7-19(25)8-6-18/h3-10,15H,11-14,16H2,1-2H3. The molecule has 0 atom stereocenters. The maximum absolute atomic E-state index is 12.6. The number of amides is 1. The molecule has 1 saturated heterocycles. The minimum Gasteiger partial charge on any atom is -0.493 e. The molecule has 0 bridgehead atoms. The maximum Gasteiger partial charge on any atom is 0.246 e. The van der Waals surface area contributed by atoms with Gasteiger partial charge in [0, 0.05) is 42.8 Å². The molecule has 0 spiro atoms. The molecule has 9 heteroatoms. The Kier molecular flexibility index (Phi) is 7.26. The summed E-state index contributed by atoms with van der Waals surface area (Å²) in [6.45, 7) is 3.27. The van der Waals surface area contributed by atoms with E-state index in [1.807, 2.05) is 35.2 Å². The molecular formula is C24H25ClN4O4. The third kappa shape index (κ3) is 5.71. The molecule has 0 saturated carbocycles.